The molecule has 2 nitrogen and oxygen atoms in total. The van der Waals surface area contributed by atoms with E-state index in [2.05, 4.69) is 0 Å². The summed E-state index contributed by atoms with van der Waals surface area (Å²) in [6.07, 6.45) is 0.421. The number of halogens is 2. The second-order valence-electron chi connectivity index (χ2n) is 3.64. The molecule has 1 aromatic carbocycles. The molecule has 82 valence electrons. The zero-order valence-electron chi connectivity index (χ0n) is 8.34. The van der Waals surface area contributed by atoms with E-state index in [4.69, 9.17) is 16.7 Å². The van der Waals surface area contributed by atoms with Gasteiger partial charge in [0.05, 0.1) is 0 Å². The van der Waals surface area contributed by atoms with Crippen molar-refractivity contribution in [3.63, 3.8) is 0 Å². The molecule has 0 spiro atoms. The van der Waals surface area contributed by atoms with Gasteiger partial charge in [0.15, 0.2) is 0 Å². The predicted molar refractivity (Wildman–Crippen MR) is 56.5 cm³/mol. The van der Waals surface area contributed by atoms with Crippen LogP contribution in [0.2, 0.25) is 5.02 Å². The fourth-order valence-corrected chi connectivity index (χ4v) is 1.64. The van der Waals surface area contributed by atoms with E-state index in [9.17, 15) is 9.18 Å². The van der Waals surface area contributed by atoms with Gasteiger partial charge in [0.2, 0.25) is 0 Å². The quantitative estimate of drug-likeness (QED) is 0.863. The smallest absolute Gasteiger partial charge is 0.303 e. The maximum atomic E-state index is 13.3. The Hall–Kier alpha value is -1.09. The Bertz CT molecular complexity index is 366. The van der Waals surface area contributed by atoms with Gasteiger partial charge in [-0.1, -0.05) is 18.5 Å². The summed E-state index contributed by atoms with van der Waals surface area (Å²) >= 11 is 5.72. The minimum Gasteiger partial charge on any atom is -0.481 e. The van der Waals surface area contributed by atoms with Crippen molar-refractivity contribution < 1.29 is 14.3 Å². The van der Waals surface area contributed by atoms with Gasteiger partial charge in [0.1, 0.15) is 5.82 Å². The number of benzene rings is 1. The SMILES string of the molecule is CC(CC(=O)O)Cc1cc(Cl)ccc1F. The molecule has 0 aliphatic carbocycles. The lowest BCUT2D eigenvalue weighted by Gasteiger charge is -2.09. The van der Waals surface area contributed by atoms with E-state index >= 15 is 0 Å². The second-order valence-corrected chi connectivity index (χ2v) is 4.08. The minimum absolute atomic E-state index is 0.0337. The topological polar surface area (TPSA) is 37.3 Å². The van der Waals surface area contributed by atoms with E-state index in [1.165, 1.54) is 18.2 Å². The van der Waals surface area contributed by atoms with Crippen LogP contribution in [0.4, 0.5) is 4.39 Å². The van der Waals surface area contributed by atoms with Gasteiger partial charge in [-0.3, -0.25) is 4.79 Å². The molecule has 0 radical (unpaired) electrons. The minimum atomic E-state index is -0.870. The summed E-state index contributed by atoms with van der Waals surface area (Å²) < 4.78 is 13.3. The molecule has 1 N–H and O–H groups in total. The fraction of sp³-hybridized carbons (Fsp3) is 0.364. The highest BCUT2D eigenvalue weighted by Gasteiger charge is 2.11. The highest BCUT2D eigenvalue weighted by atomic mass is 35.5. The lowest BCUT2D eigenvalue weighted by atomic mass is 9.98. The summed E-state index contributed by atoms with van der Waals surface area (Å²) in [5.74, 6) is -1.31. The summed E-state index contributed by atoms with van der Waals surface area (Å²) in [6.45, 7) is 1.77. The van der Waals surface area contributed by atoms with Crippen LogP contribution < -0.4 is 0 Å². The van der Waals surface area contributed by atoms with Crippen LogP contribution in [0.15, 0.2) is 18.2 Å². The summed E-state index contributed by atoms with van der Waals surface area (Å²) in [5.41, 5.74) is 0.469. The molecule has 0 aliphatic heterocycles. The van der Waals surface area contributed by atoms with Crippen molar-refractivity contribution in [1.82, 2.24) is 0 Å². The maximum absolute atomic E-state index is 13.3. The number of carbonyl (C=O) groups is 1. The largest absolute Gasteiger partial charge is 0.481 e. The first-order valence-corrected chi connectivity index (χ1v) is 5.02. The zero-order chi connectivity index (χ0) is 11.4. The molecule has 0 heterocycles. The summed E-state index contributed by atoms with van der Waals surface area (Å²) in [5, 5.41) is 9.03. The molecule has 1 unspecified atom stereocenters. The fourth-order valence-electron chi connectivity index (χ4n) is 1.45. The molecule has 0 aromatic heterocycles. The van der Waals surface area contributed by atoms with Crippen LogP contribution in [0.25, 0.3) is 0 Å². The molecule has 1 atom stereocenters. The molecular weight excluding hydrogens is 219 g/mol. The maximum Gasteiger partial charge on any atom is 0.303 e. The van der Waals surface area contributed by atoms with Crippen LogP contribution in [0.1, 0.15) is 18.9 Å². The highest BCUT2D eigenvalue weighted by molar-refractivity contribution is 6.30. The molecule has 15 heavy (non-hydrogen) atoms. The normalized spacial score (nSPS) is 12.5. The van der Waals surface area contributed by atoms with Gasteiger partial charge in [-0.2, -0.15) is 0 Å². The molecule has 4 heteroatoms. The Kier molecular flexibility index (Phi) is 4.09. The van der Waals surface area contributed by atoms with E-state index in [-0.39, 0.29) is 18.2 Å². The highest BCUT2D eigenvalue weighted by Crippen LogP contribution is 2.19. The second kappa shape index (κ2) is 5.12. The summed E-state index contributed by atoms with van der Waals surface area (Å²) in [7, 11) is 0. The Morgan fingerprint density at radius 3 is 2.87 bits per heavy atom. The zero-order valence-corrected chi connectivity index (χ0v) is 9.09. The first-order valence-electron chi connectivity index (χ1n) is 4.64. The van der Waals surface area contributed by atoms with Crippen molar-refractivity contribution in [3.8, 4) is 0 Å². The number of rotatable bonds is 4. The van der Waals surface area contributed by atoms with Gasteiger partial charge in [-0.05, 0) is 36.1 Å². The predicted octanol–water partition coefficient (Wildman–Crippen LogP) is 3.13. The number of carboxylic acid groups (broad SMARTS) is 1. The van der Waals surface area contributed by atoms with E-state index < -0.39 is 5.97 Å². The van der Waals surface area contributed by atoms with E-state index in [0.717, 1.165) is 0 Å². The van der Waals surface area contributed by atoms with Crippen molar-refractivity contribution in [1.29, 1.82) is 0 Å². The Labute approximate surface area is 92.7 Å². The Balaban J connectivity index is 2.71. The van der Waals surface area contributed by atoms with Gasteiger partial charge < -0.3 is 5.11 Å². The first kappa shape index (κ1) is 12.0. The third kappa shape index (κ3) is 3.88. The van der Waals surface area contributed by atoms with E-state index in [1.807, 2.05) is 0 Å². The molecule has 0 saturated heterocycles. The monoisotopic (exact) mass is 230 g/mol. The van der Waals surface area contributed by atoms with Gasteiger partial charge >= 0.3 is 5.97 Å². The van der Waals surface area contributed by atoms with Gasteiger partial charge in [-0.15, -0.1) is 0 Å². The van der Waals surface area contributed by atoms with Gasteiger partial charge in [0.25, 0.3) is 0 Å². The third-order valence-electron chi connectivity index (χ3n) is 2.10. The van der Waals surface area contributed by atoms with Crippen molar-refractivity contribution in [2.24, 2.45) is 5.92 Å². The molecule has 0 amide bonds. The lowest BCUT2D eigenvalue weighted by Crippen LogP contribution is -2.08. The number of hydrogen-bond acceptors (Lipinski definition) is 1. The number of aliphatic carboxylic acids is 1. The van der Waals surface area contributed by atoms with Gasteiger partial charge in [0, 0.05) is 11.4 Å². The molecule has 0 aliphatic rings. The van der Waals surface area contributed by atoms with Crippen LogP contribution in [0, 0.1) is 11.7 Å². The van der Waals surface area contributed by atoms with Crippen LogP contribution in [0.3, 0.4) is 0 Å². The van der Waals surface area contributed by atoms with E-state index in [1.54, 1.807) is 6.92 Å². The van der Waals surface area contributed by atoms with Crippen LogP contribution in [-0.2, 0) is 11.2 Å². The summed E-state index contributed by atoms with van der Waals surface area (Å²) in [4.78, 5) is 10.4. The summed E-state index contributed by atoms with van der Waals surface area (Å²) in [6, 6.07) is 4.31. The molecule has 0 fully saturated rings. The van der Waals surface area contributed by atoms with Crippen molar-refractivity contribution in [2.45, 2.75) is 19.8 Å². The van der Waals surface area contributed by atoms with E-state index in [0.29, 0.717) is 17.0 Å². The Morgan fingerprint density at radius 2 is 2.27 bits per heavy atom. The average Bonchev–Trinajstić information content (AvgIpc) is 2.10. The van der Waals surface area contributed by atoms with Crippen molar-refractivity contribution in [3.05, 3.63) is 34.6 Å². The number of carboxylic acids is 1. The molecule has 0 bridgehead atoms. The Morgan fingerprint density at radius 1 is 1.60 bits per heavy atom. The van der Waals surface area contributed by atoms with Crippen molar-refractivity contribution >= 4 is 17.6 Å². The third-order valence-corrected chi connectivity index (χ3v) is 2.33. The van der Waals surface area contributed by atoms with Crippen molar-refractivity contribution in [2.75, 3.05) is 0 Å². The molecule has 0 saturated carbocycles. The van der Waals surface area contributed by atoms with Gasteiger partial charge in [-0.25, -0.2) is 4.39 Å². The van der Waals surface area contributed by atoms with Crippen LogP contribution >= 0.6 is 11.6 Å². The van der Waals surface area contributed by atoms with Crippen LogP contribution in [0.5, 0.6) is 0 Å². The lowest BCUT2D eigenvalue weighted by molar-refractivity contribution is -0.137. The average molecular weight is 231 g/mol. The molecular formula is C11H12ClFO2. The van der Waals surface area contributed by atoms with Crippen LogP contribution in [-0.4, -0.2) is 11.1 Å². The standard InChI is InChI=1S/C11H12ClFO2/c1-7(5-11(14)15)4-8-6-9(12)2-3-10(8)13/h2-3,6-7H,4-5H2,1H3,(H,14,15). The molecule has 1 rings (SSSR count). The number of hydrogen-bond donors (Lipinski definition) is 1. The molecule has 1 aromatic rings. The first-order chi connectivity index (χ1) is 6.99.